The van der Waals surface area contributed by atoms with E-state index in [9.17, 15) is 40.2 Å². The zero-order valence-corrected chi connectivity index (χ0v) is 28.1. The Kier molecular flexibility index (Phi) is 7.97. The second-order valence-corrected chi connectivity index (χ2v) is 12.8. The van der Waals surface area contributed by atoms with E-state index in [2.05, 4.69) is 0 Å². The third-order valence-electron chi connectivity index (χ3n) is 8.88. The highest BCUT2D eigenvalue weighted by Gasteiger charge is 2.46. The van der Waals surface area contributed by atoms with Gasteiger partial charge in [0.05, 0.1) is 25.7 Å². The Morgan fingerprint density at radius 3 is 2.25 bits per heavy atom. The van der Waals surface area contributed by atoms with Crippen molar-refractivity contribution >= 4 is 22.8 Å². The van der Waals surface area contributed by atoms with Gasteiger partial charge in [-0.15, -0.1) is 0 Å². The van der Waals surface area contributed by atoms with Gasteiger partial charge in [0.1, 0.15) is 69.3 Å². The summed E-state index contributed by atoms with van der Waals surface area (Å²) < 4.78 is 34.1. The zero-order chi connectivity index (χ0) is 37.2. The summed E-state index contributed by atoms with van der Waals surface area (Å²) in [5, 5.41) is 58.3. The molecule has 2 atom stereocenters. The van der Waals surface area contributed by atoms with Crippen molar-refractivity contribution in [3.05, 3.63) is 81.5 Å². The molecule has 3 aliphatic rings. The first-order valence-electron chi connectivity index (χ1n) is 15.8. The quantitative estimate of drug-likeness (QED) is 0.124. The van der Waals surface area contributed by atoms with Crippen LogP contribution in [0, 0.1) is 0 Å². The van der Waals surface area contributed by atoms with Crippen LogP contribution in [0.5, 0.6) is 63.2 Å². The first-order valence-corrected chi connectivity index (χ1v) is 15.8. The molecule has 4 aromatic carbocycles. The number of hydrogen-bond acceptors (Lipinski definition) is 14. The van der Waals surface area contributed by atoms with Crippen LogP contribution in [0.4, 0.5) is 0 Å². The summed E-state index contributed by atoms with van der Waals surface area (Å²) in [6.07, 6.45) is 3.23. The van der Waals surface area contributed by atoms with Crippen molar-refractivity contribution in [2.24, 2.45) is 0 Å². The smallest absolute Gasteiger partial charge is 0.238 e. The maximum atomic E-state index is 13.6. The maximum absolute atomic E-state index is 13.6. The SMILES string of the molecule is COc1cc2c(cc1OC)C1C(=O)c3c(O)cc4c(c3OC1CO2)C=CC(C)(C)O4.O=c1c(O)c(-c2ccc(O)c(O)c2)oc2cc(O)cc(O)c12. The molecule has 3 aliphatic heterocycles. The first kappa shape index (κ1) is 33.8. The van der Waals surface area contributed by atoms with Crippen molar-refractivity contribution in [2.75, 3.05) is 20.8 Å². The van der Waals surface area contributed by atoms with Gasteiger partial charge in [0, 0.05) is 35.4 Å². The number of carbonyl (C=O) groups is 1. The van der Waals surface area contributed by atoms with Gasteiger partial charge in [-0.2, -0.15) is 0 Å². The number of rotatable bonds is 3. The van der Waals surface area contributed by atoms with Gasteiger partial charge in [-0.05, 0) is 50.3 Å². The third kappa shape index (κ3) is 5.54. The van der Waals surface area contributed by atoms with Gasteiger partial charge in [-0.1, -0.05) is 0 Å². The second-order valence-electron chi connectivity index (χ2n) is 12.8. The highest BCUT2D eigenvalue weighted by Crippen LogP contribution is 2.52. The Morgan fingerprint density at radius 2 is 1.54 bits per heavy atom. The number of methoxy groups -OCH3 is 2. The number of ketones is 1. The van der Waals surface area contributed by atoms with E-state index in [-0.39, 0.29) is 57.5 Å². The number of aromatic hydroxyl groups is 6. The lowest BCUT2D eigenvalue weighted by molar-refractivity contribution is 0.0547. The van der Waals surface area contributed by atoms with Crippen molar-refractivity contribution in [1.29, 1.82) is 0 Å². The lowest BCUT2D eigenvalue weighted by Gasteiger charge is -2.39. The second kappa shape index (κ2) is 12.3. The van der Waals surface area contributed by atoms with Gasteiger partial charge >= 0.3 is 0 Å². The summed E-state index contributed by atoms with van der Waals surface area (Å²) in [5.41, 5.74) is 0.0400. The Labute approximate surface area is 294 Å². The molecule has 6 N–H and O–H groups in total. The van der Waals surface area contributed by atoms with E-state index < -0.39 is 40.3 Å². The van der Waals surface area contributed by atoms with E-state index in [0.29, 0.717) is 39.9 Å². The number of benzene rings is 4. The highest BCUT2D eigenvalue weighted by atomic mass is 16.5. The summed E-state index contributed by atoms with van der Waals surface area (Å²) >= 11 is 0. The topological polar surface area (TPSA) is 215 Å². The Hall–Kier alpha value is -6.70. The van der Waals surface area contributed by atoms with Crippen LogP contribution in [0.1, 0.15) is 41.3 Å². The van der Waals surface area contributed by atoms with E-state index in [4.69, 9.17) is 28.1 Å². The van der Waals surface area contributed by atoms with Gasteiger partial charge in [-0.3, -0.25) is 9.59 Å². The van der Waals surface area contributed by atoms with E-state index >= 15 is 0 Å². The van der Waals surface area contributed by atoms with Crippen LogP contribution in [0.3, 0.4) is 0 Å². The molecule has 0 saturated heterocycles. The summed E-state index contributed by atoms with van der Waals surface area (Å²) in [4.78, 5) is 25.7. The summed E-state index contributed by atoms with van der Waals surface area (Å²) in [7, 11) is 3.07. The number of carbonyl (C=O) groups excluding carboxylic acids is 1. The Morgan fingerprint density at radius 1 is 0.808 bits per heavy atom. The molecule has 5 aromatic rings. The molecule has 268 valence electrons. The molecule has 14 nitrogen and oxygen atoms in total. The van der Waals surface area contributed by atoms with E-state index in [1.54, 1.807) is 19.2 Å². The fourth-order valence-electron chi connectivity index (χ4n) is 6.41. The van der Waals surface area contributed by atoms with Gasteiger partial charge < -0.3 is 58.7 Å². The van der Waals surface area contributed by atoms with Crippen molar-refractivity contribution < 1.29 is 63.5 Å². The first-order chi connectivity index (χ1) is 24.7. The van der Waals surface area contributed by atoms with E-state index in [0.717, 1.165) is 24.3 Å². The van der Waals surface area contributed by atoms with Crippen LogP contribution in [0.2, 0.25) is 0 Å². The molecular weight excluding hydrogens is 680 g/mol. The molecule has 0 saturated carbocycles. The average Bonchev–Trinajstić information content (AvgIpc) is 3.09. The number of phenols is 5. The molecule has 8 rings (SSSR count). The van der Waals surface area contributed by atoms with Gasteiger partial charge in [0.25, 0.3) is 0 Å². The molecule has 2 unspecified atom stereocenters. The molecule has 4 heterocycles. The van der Waals surface area contributed by atoms with Gasteiger partial charge in [-0.25, -0.2) is 0 Å². The van der Waals surface area contributed by atoms with E-state index in [1.807, 2.05) is 26.0 Å². The third-order valence-corrected chi connectivity index (χ3v) is 8.88. The zero-order valence-electron chi connectivity index (χ0n) is 28.1. The lowest BCUT2D eigenvalue weighted by Crippen LogP contribution is -2.43. The minimum absolute atomic E-state index is 0.134. The number of phenolic OH excluding ortho intramolecular Hbond substituents is 5. The van der Waals surface area contributed by atoms with Crippen LogP contribution in [-0.2, 0) is 0 Å². The number of fused-ring (bicyclic) bond motifs is 7. The predicted molar refractivity (Wildman–Crippen MR) is 185 cm³/mol. The maximum Gasteiger partial charge on any atom is 0.238 e. The standard InChI is InChI=1S/C23H22O7.C15H10O7/c1-23(2)6-5-11-15(30-23)8-13(24)20-21(25)19-12-7-16(26-3)17(27-4)9-14(12)28-10-18(19)29-22(11)20;16-7-4-10(19)12-11(5-7)22-15(14(21)13(12)20)6-1-2-8(17)9(18)3-6/h5-9,18-19,24H,10H2,1-4H3;1-5,16-19,21H. The molecule has 1 aromatic heterocycles. The fraction of sp³-hybridized carbons (Fsp3) is 0.211. The van der Waals surface area contributed by atoms with E-state index in [1.165, 1.54) is 19.2 Å². The lowest BCUT2D eigenvalue weighted by atomic mass is 9.80. The summed E-state index contributed by atoms with van der Waals surface area (Å²) in [5.74, 6) is -1.37. The predicted octanol–water partition coefficient (Wildman–Crippen LogP) is 5.70. The number of Topliss-reactive ketones (excluding diaryl/α,β-unsaturated/α-hetero) is 1. The molecule has 14 heteroatoms. The average molecular weight is 713 g/mol. The minimum Gasteiger partial charge on any atom is -0.508 e. The van der Waals surface area contributed by atoms with Gasteiger partial charge in [0.2, 0.25) is 11.2 Å². The summed E-state index contributed by atoms with van der Waals surface area (Å²) in [6, 6.07) is 10.6. The molecule has 52 heavy (non-hydrogen) atoms. The molecule has 0 spiro atoms. The van der Waals surface area contributed by atoms with Crippen molar-refractivity contribution in [2.45, 2.75) is 31.5 Å². The van der Waals surface area contributed by atoms with Gasteiger partial charge in [0.15, 0.2) is 34.5 Å². The van der Waals surface area contributed by atoms with Crippen LogP contribution in [0.15, 0.2) is 63.8 Å². The monoisotopic (exact) mass is 712 g/mol. The van der Waals surface area contributed by atoms with Crippen LogP contribution >= 0.6 is 0 Å². The number of ether oxygens (including phenoxy) is 5. The molecule has 0 bridgehead atoms. The summed E-state index contributed by atoms with van der Waals surface area (Å²) in [6.45, 7) is 4.02. The fourth-order valence-corrected chi connectivity index (χ4v) is 6.41. The molecule has 0 radical (unpaired) electrons. The van der Waals surface area contributed by atoms with Crippen molar-refractivity contribution in [1.82, 2.24) is 0 Å². The van der Waals surface area contributed by atoms with Crippen molar-refractivity contribution in [3.8, 4) is 74.6 Å². The van der Waals surface area contributed by atoms with Crippen molar-refractivity contribution in [3.63, 3.8) is 0 Å². The van der Waals surface area contributed by atoms with Crippen LogP contribution in [-0.4, -0.2) is 69.0 Å². The molecular formula is C38H32O14. The number of hydrogen-bond donors (Lipinski definition) is 6. The molecule has 0 aliphatic carbocycles. The normalized spacial score (nSPS) is 17.5. The molecule has 0 fully saturated rings. The minimum atomic E-state index is -0.888. The Balaban J connectivity index is 0.000000170. The Bertz CT molecular complexity index is 2390. The van der Waals surface area contributed by atoms with Crippen LogP contribution < -0.4 is 29.1 Å². The largest absolute Gasteiger partial charge is 0.508 e. The van der Waals surface area contributed by atoms with Crippen LogP contribution in [0.25, 0.3) is 28.4 Å². The molecule has 0 amide bonds. The highest BCUT2D eigenvalue weighted by molar-refractivity contribution is 6.08.